The van der Waals surface area contributed by atoms with Crippen molar-refractivity contribution in [3.8, 4) is 11.3 Å². The Morgan fingerprint density at radius 3 is 2.88 bits per heavy atom. The molecular formula is C12H12N2O2. The van der Waals surface area contributed by atoms with Crippen LogP contribution in [0.15, 0.2) is 34.9 Å². The number of carbonyl (C=O) groups is 1. The van der Waals surface area contributed by atoms with Gasteiger partial charge in [0, 0.05) is 23.6 Å². The molecule has 0 unspecified atom stereocenters. The van der Waals surface area contributed by atoms with Crippen LogP contribution in [-0.2, 0) is 6.42 Å². The molecule has 16 heavy (non-hydrogen) atoms. The molecule has 0 aliphatic rings. The average Bonchev–Trinajstić information content (AvgIpc) is 2.77. The fourth-order valence-electron chi connectivity index (χ4n) is 1.45. The van der Waals surface area contributed by atoms with Crippen molar-refractivity contribution in [3.05, 3.63) is 41.7 Å². The fourth-order valence-corrected chi connectivity index (χ4v) is 1.45. The van der Waals surface area contributed by atoms with Crippen LogP contribution in [-0.4, -0.2) is 11.1 Å². The van der Waals surface area contributed by atoms with Crippen molar-refractivity contribution in [2.45, 2.75) is 13.3 Å². The van der Waals surface area contributed by atoms with Crippen LogP contribution < -0.4 is 5.73 Å². The largest absolute Gasteiger partial charge is 0.366 e. The van der Waals surface area contributed by atoms with Crippen molar-refractivity contribution < 1.29 is 9.32 Å². The zero-order valence-electron chi connectivity index (χ0n) is 8.93. The molecule has 0 fully saturated rings. The third kappa shape index (κ3) is 1.95. The van der Waals surface area contributed by atoms with Gasteiger partial charge in [0.15, 0.2) is 0 Å². The Bertz CT molecular complexity index is 517. The lowest BCUT2D eigenvalue weighted by Gasteiger charge is -1.98. The molecule has 4 heteroatoms. The zero-order chi connectivity index (χ0) is 11.5. The summed E-state index contributed by atoms with van der Waals surface area (Å²) < 4.78 is 5.10. The van der Waals surface area contributed by atoms with Crippen molar-refractivity contribution in [2.24, 2.45) is 5.73 Å². The van der Waals surface area contributed by atoms with Gasteiger partial charge in [-0.05, 0) is 12.1 Å². The van der Waals surface area contributed by atoms with Crippen molar-refractivity contribution in [1.29, 1.82) is 0 Å². The van der Waals surface area contributed by atoms with E-state index in [0.29, 0.717) is 5.56 Å². The van der Waals surface area contributed by atoms with Gasteiger partial charge in [0.2, 0.25) is 5.91 Å². The van der Waals surface area contributed by atoms with Crippen molar-refractivity contribution >= 4 is 5.91 Å². The minimum Gasteiger partial charge on any atom is -0.366 e. The number of nitrogens with zero attached hydrogens (tertiary/aromatic N) is 1. The Hall–Kier alpha value is -2.10. The molecule has 2 N–H and O–H groups in total. The third-order valence-electron chi connectivity index (χ3n) is 2.35. The number of primary amides is 1. The highest BCUT2D eigenvalue weighted by atomic mass is 16.5. The smallest absolute Gasteiger partial charge is 0.248 e. The van der Waals surface area contributed by atoms with Crippen LogP contribution in [0, 0.1) is 0 Å². The van der Waals surface area contributed by atoms with Gasteiger partial charge in [-0.25, -0.2) is 0 Å². The highest BCUT2D eigenvalue weighted by molar-refractivity contribution is 5.93. The zero-order valence-corrected chi connectivity index (χ0v) is 8.93. The summed E-state index contributed by atoms with van der Waals surface area (Å²) in [5, 5.41) is 3.93. The van der Waals surface area contributed by atoms with Gasteiger partial charge in [-0.15, -0.1) is 0 Å². The van der Waals surface area contributed by atoms with Crippen LogP contribution in [0.4, 0.5) is 0 Å². The SMILES string of the molecule is CCc1cc(-c2cccc(C(N)=O)c2)no1. The topological polar surface area (TPSA) is 69.1 Å². The number of carbonyl (C=O) groups excluding carboxylic acids is 1. The van der Waals surface area contributed by atoms with E-state index in [9.17, 15) is 4.79 Å². The molecule has 0 aliphatic heterocycles. The molecule has 2 aromatic rings. The molecule has 0 radical (unpaired) electrons. The number of hydrogen-bond acceptors (Lipinski definition) is 3. The highest BCUT2D eigenvalue weighted by Gasteiger charge is 2.07. The van der Waals surface area contributed by atoms with E-state index in [-0.39, 0.29) is 0 Å². The second kappa shape index (κ2) is 4.18. The number of benzene rings is 1. The minimum absolute atomic E-state index is 0.443. The van der Waals surface area contributed by atoms with Crippen molar-refractivity contribution in [2.75, 3.05) is 0 Å². The molecule has 1 heterocycles. The van der Waals surface area contributed by atoms with Crippen LogP contribution in [0.1, 0.15) is 23.0 Å². The van der Waals surface area contributed by atoms with Crippen LogP contribution in [0.25, 0.3) is 11.3 Å². The molecule has 0 saturated heterocycles. The Balaban J connectivity index is 2.40. The maximum atomic E-state index is 11.0. The molecule has 4 nitrogen and oxygen atoms in total. The molecule has 0 aliphatic carbocycles. The molecule has 0 saturated carbocycles. The summed E-state index contributed by atoms with van der Waals surface area (Å²) in [5.41, 5.74) is 7.24. The number of hydrogen-bond donors (Lipinski definition) is 1. The highest BCUT2D eigenvalue weighted by Crippen LogP contribution is 2.20. The molecule has 1 aromatic carbocycles. The van der Waals surface area contributed by atoms with Gasteiger partial charge in [-0.3, -0.25) is 4.79 Å². The number of aryl methyl sites for hydroxylation is 1. The van der Waals surface area contributed by atoms with Crippen LogP contribution in [0.2, 0.25) is 0 Å². The summed E-state index contributed by atoms with van der Waals surface area (Å²) in [5.74, 6) is 0.375. The Kier molecular flexibility index (Phi) is 2.72. The predicted molar refractivity (Wildman–Crippen MR) is 59.8 cm³/mol. The first-order chi connectivity index (χ1) is 7.70. The van der Waals surface area contributed by atoms with E-state index in [0.717, 1.165) is 23.4 Å². The summed E-state index contributed by atoms with van der Waals surface area (Å²) in [6.45, 7) is 1.99. The molecule has 2 rings (SSSR count). The molecular weight excluding hydrogens is 204 g/mol. The predicted octanol–water partition coefficient (Wildman–Crippen LogP) is 2.00. The third-order valence-corrected chi connectivity index (χ3v) is 2.35. The number of rotatable bonds is 3. The van der Waals surface area contributed by atoms with Gasteiger partial charge in [0.05, 0.1) is 0 Å². The van der Waals surface area contributed by atoms with Gasteiger partial charge in [0.25, 0.3) is 0 Å². The van der Waals surface area contributed by atoms with Crippen LogP contribution >= 0.6 is 0 Å². The molecule has 0 bridgehead atoms. The van der Waals surface area contributed by atoms with Gasteiger partial charge in [0.1, 0.15) is 11.5 Å². The van der Waals surface area contributed by atoms with Crippen molar-refractivity contribution in [3.63, 3.8) is 0 Å². The van der Waals surface area contributed by atoms with E-state index in [2.05, 4.69) is 5.16 Å². The summed E-state index contributed by atoms with van der Waals surface area (Å²) in [7, 11) is 0. The number of nitrogens with two attached hydrogens (primary N) is 1. The second-order valence-electron chi connectivity index (χ2n) is 3.48. The van der Waals surface area contributed by atoms with Gasteiger partial charge >= 0.3 is 0 Å². The molecule has 1 aromatic heterocycles. The maximum absolute atomic E-state index is 11.0. The second-order valence-corrected chi connectivity index (χ2v) is 3.48. The molecule has 82 valence electrons. The summed E-state index contributed by atoms with van der Waals surface area (Å²) >= 11 is 0. The van der Waals surface area contributed by atoms with Crippen molar-refractivity contribution in [1.82, 2.24) is 5.16 Å². The lowest BCUT2D eigenvalue weighted by Crippen LogP contribution is -2.10. The fraction of sp³-hybridized carbons (Fsp3) is 0.167. The number of amides is 1. The average molecular weight is 216 g/mol. The maximum Gasteiger partial charge on any atom is 0.248 e. The standard InChI is InChI=1S/C12H12N2O2/c1-2-10-7-11(14-16-10)8-4-3-5-9(6-8)12(13)15/h3-7H,2H2,1H3,(H2,13,15). The van der Waals surface area contributed by atoms with Crippen LogP contribution in [0.3, 0.4) is 0 Å². The van der Waals surface area contributed by atoms with Gasteiger partial charge in [-0.2, -0.15) is 0 Å². The molecule has 0 spiro atoms. The van der Waals surface area contributed by atoms with Gasteiger partial charge < -0.3 is 10.3 Å². The molecule has 0 atom stereocenters. The Labute approximate surface area is 93.1 Å². The normalized spacial score (nSPS) is 10.3. The van der Waals surface area contributed by atoms with Crippen LogP contribution in [0.5, 0.6) is 0 Å². The van der Waals surface area contributed by atoms with E-state index in [1.165, 1.54) is 0 Å². The minimum atomic E-state index is -0.443. The summed E-state index contributed by atoms with van der Waals surface area (Å²) in [4.78, 5) is 11.0. The lowest BCUT2D eigenvalue weighted by atomic mass is 10.1. The Morgan fingerprint density at radius 1 is 1.44 bits per heavy atom. The quantitative estimate of drug-likeness (QED) is 0.853. The first-order valence-corrected chi connectivity index (χ1v) is 5.06. The van der Waals surface area contributed by atoms with E-state index in [1.54, 1.807) is 18.2 Å². The first kappa shape index (κ1) is 10.4. The monoisotopic (exact) mass is 216 g/mol. The van der Waals surface area contributed by atoms with E-state index in [4.69, 9.17) is 10.3 Å². The lowest BCUT2D eigenvalue weighted by molar-refractivity contribution is 0.100. The molecule has 1 amide bonds. The summed E-state index contributed by atoms with van der Waals surface area (Å²) in [6.07, 6.45) is 0.794. The van der Waals surface area contributed by atoms with Gasteiger partial charge in [-0.1, -0.05) is 24.2 Å². The first-order valence-electron chi connectivity index (χ1n) is 5.06. The number of aromatic nitrogens is 1. The van der Waals surface area contributed by atoms with E-state index < -0.39 is 5.91 Å². The van der Waals surface area contributed by atoms with E-state index in [1.807, 2.05) is 19.1 Å². The van der Waals surface area contributed by atoms with E-state index >= 15 is 0 Å². The Morgan fingerprint density at radius 2 is 2.25 bits per heavy atom. The summed E-state index contributed by atoms with van der Waals surface area (Å²) in [6, 6.07) is 8.88.